The largest absolute Gasteiger partial charge is 0.478 e. The smallest absolute Gasteiger partial charge is 0.338 e. The van der Waals surface area contributed by atoms with Crippen molar-refractivity contribution in [2.45, 2.75) is 24.8 Å². The highest BCUT2D eigenvalue weighted by molar-refractivity contribution is 7.89. The van der Waals surface area contributed by atoms with Crippen LogP contribution in [0.25, 0.3) is 0 Å². The van der Waals surface area contributed by atoms with Crippen LogP contribution in [0, 0.1) is 6.92 Å². The van der Waals surface area contributed by atoms with Gasteiger partial charge in [-0.3, -0.25) is 9.48 Å². The summed E-state index contributed by atoms with van der Waals surface area (Å²) in [4.78, 5) is 25.5. The first kappa shape index (κ1) is 20.0. The molecule has 0 aliphatic carbocycles. The normalized spacial score (nSPS) is 16.7. The molecule has 1 saturated heterocycles. The third kappa shape index (κ3) is 3.92. The number of rotatable bonds is 5. The van der Waals surface area contributed by atoms with Crippen molar-refractivity contribution in [2.24, 2.45) is 0 Å². The van der Waals surface area contributed by atoms with E-state index in [0.29, 0.717) is 0 Å². The second-order valence-corrected chi connectivity index (χ2v) is 8.67. The molecule has 9 nitrogen and oxygen atoms in total. The van der Waals surface area contributed by atoms with E-state index in [4.69, 9.17) is 5.11 Å². The molecule has 1 N–H and O–H groups in total. The Morgan fingerprint density at radius 2 is 1.71 bits per heavy atom. The summed E-state index contributed by atoms with van der Waals surface area (Å²) in [5.74, 6) is -1.34. The summed E-state index contributed by atoms with van der Waals surface area (Å²) in [6.45, 7) is 4.46. The second kappa shape index (κ2) is 7.72. The summed E-state index contributed by atoms with van der Waals surface area (Å²) in [7, 11) is -3.59. The van der Waals surface area contributed by atoms with Gasteiger partial charge in [0.15, 0.2) is 0 Å². The van der Waals surface area contributed by atoms with Crippen LogP contribution in [0.1, 0.15) is 28.9 Å². The maximum atomic E-state index is 12.7. The molecule has 0 bridgehead atoms. The quantitative estimate of drug-likeness (QED) is 0.792. The molecule has 1 aliphatic heterocycles. The van der Waals surface area contributed by atoms with Crippen LogP contribution in [0.15, 0.2) is 41.6 Å². The van der Waals surface area contributed by atoms with Crippen LogP contribution in [-0.4, -0.2) is 70.6 Å². The molecule has 0 radical (unpaired) electrons. The first-order valence-electron chi connectivity index (χ1n) is 8.83. The average Bonchev–Trinajstić information content (AvgIpc) is 3.18. The summed E-state index contributed by atoms with van der Waals surface area (Å²) in [5, 5.41) is 12.9. The number of carbonyl (C=O) groups excluding carboxylic acids is 1. The molecule has 28 heavy (non-hydrogen) atoms. The van der Waals surface area contributed by atoms with Crippen molar-refractivity contribution in [3.05, 3.63) is 47.8 Å². The molecule has 1 unspecified atom stereocenters. The highest BCUT2D eigenvalue weighted by Crippen LogP contribution is 2.19. The van der Waals surface area contributed by atoms with E-state index in [1.165, 1.54) is 21.4 Å². The Balaban J connectivity index is 1.64. The Morgan fingerprint density at radius 3 is 2.25 bits per heavy atom. The van der Waals surface area contributed by atoms with Crippen LogP contribution < -0.4 is 0 Å². The van der Waals surface area contributed by atoms with Gasteiger partial charge >= 0.3 is 5.97 Å². The fourth-order valence-electron chi connectivity index (χ4n) is 3.05. The van der Waals surface area contributed by atoms with Gasteiger partial charge < -0.3 is 10.0 Å². The van der Waals surface area contributed by atoms with Gasteiger partial charge in [-0.15, -0.1) is 0 Å². The van der Waals surface area contributed by atoms with E-state index < -0.39 is 22.0 Å². The van der Waals surface area contributed by atoms with Crippen LogP contribution in [-0.2, 0) is 14.8 Å². The number of aromatic carboxylic acids is 1. The third-order valence-corrected chi connectivity index (χ3v) is 6.72. The minimum Gasteiger partial charge on any atom is -0.478 e. The molecule has 1 aromatic carbocycles. The molecular weight excluding hydrogens is 384 g/mol. The van der Waals surface area contributed by atoms with E-state index in [1.54, 1.807) is 36.1 Å². The molecule has 1 aromatic heterocycles. The molecule has 1 fully saturated rings. The van der Waals surface area contributed by atoms with Gasteiger partial charge in [0.1, 0.15) is 6.04 Å². The minimum atomic E-state index is -3.59. The van der Waals surface area contributed by atoms with E-state index in [9.17, 15) is 18.0 Å². The predicted molar refractivity (Wildman–Crippen MR) is 100 cm³/mol. The number of amides is 1. The molecule has 0 saturated carbocycles. The topological polar surface area (TPSA) is 113 Å². The molecule has 2 heterocycles. The lowest BCUT2D eigenvalue weighted by molar-refractivity contribution is -0.135. The number of carboxylic acids is 1. The Hall–Kier alpha value is -2.72. The Kier molecular flexibility index (Phi) is 5.52. The van der Waals surface area contributed by atoms with Crippen molar-refractivity contribution in [1.82, 2.24) is 19.0 Å². The van der Waals surface area contributed by atoms with Crippen molar-refractivity contribution in [2.75, 3.05) is 26.2 Å². The first-order chi connectivity index (χ1) is 13.2. The lowest BCUT2D eigenvalue weighted by Crippen LogP contribution is -2.51. The number of nitrogens with zero attached hydrogens (tertiary/aromatic N) is 4. The lowest BCUT2D eigenvalue weighted by Gasteiger charge is -2.35. The van der Waals surface area contributed by atoms with E-state index >= 15 is 0 Å². The summed E-state index contributed by atoms with van der Waals surface area (Å²) in [6, 6.07) is 6.01. The number of carbonyl (C=O) groups is 2. The number of hydrogen-bond acceptors (Lipinski definition) is 5. The van der Waals surface area contributed by atoms with Crippen molar-refractivity contribution in [3.63, 3.8) is 0 Å². The predicted octanol–water partition coefficient (Wildman–Crippen LogP) is 0.984. The SMILES string of the molecule is Cc1ccc(S(=O)(=O)N2CCN(C(=O)C(C)n3cc(C(=O)O)cn3)CC2)cc1. The molecular formula is C18H22N4O5S. The van der Waals surface area contributed by atoms with Gasteiger partial charge in [-0.25, -0.2) is 13.2 Å². The number of aryl methyl sites for hydroxylation is 1. The fraction of sp³-hybridized carbons (Fsp3) is 0.389. The van der Waals surface area contributed by atoms with Gasteiger partial charge in [-0.05, 0) is 26.0 Å². The van der Waals surface area contributed by atoms with E-state index in [0.717, 1.165) is 5.56 Å². The highest BCUT2D eigenvalue weighted by Gasteiger charge is 2.32. The van der Waals surface area contributed by atoms with E-state index in [2.05, 4.69) is 5.10 Å². The Morgan fingerprint density at radius 1 is 1.11 bits per heavy atom. The van der Waals surface area contributed by atoms with Crippen molar-refractivity contribution < 1.29 is 23.1 Å². The van der Waals surface area contributed by atoms with Gasteiger partial charge in [-0.2, -0.15) is 9.40 Å². The summed E-state index contributed by atoms with van der Waals surface area (Å²) in [6.07, 6.45) is 2.50. The van der Waals surface area contributed by atoms with Gasteiger partial charge in [0, 0.05) is 32.4 Å². The zero-order valence-corrected chi connectivity index (χ0v) is 16.5. The fourth-order valence-corrected chi connectivity index (χ4v) is 4.47. The van der Waals surface area contributed by atoms with Crippen LogP contribution in [0.5, 0.6) is 0 Å². The van der Waals surface area contributed by atoms with Crippen LogP contribution in [0.3, 0.4) is 0 Å². The Bertz CT molecular complexity index is 976. The molecule has 1 aliphatic rings. The maximum Gasteiger partial charge on any atom is 0.338 e. The monoisotopic (exact) mass is 406 g/mol. The van der Waals surface area contributed by atoms with Crippen LogP contribution in [0.4, 0.5) is 0 Å². The molecule has 1 amide bonds. The summed E-state index contributed by atoms with van der Waals surface area (Å²) < 4.78 is 28.2. The lowest BCUT2D eigenvalue weighted by atomic mass is 10.2. The van der Waals surface area contributed by atoms with Gasteiger partial charge in [-0.1, -0.05) is 17.7 Å². The molecule has 2 aromatic rings. The van der Waals surface area contributed by atoms with Crippen LogP contribution in [0.2, 0.25) is 0 Å². The molecule has 10 heteroatoms. The van der Waals surface area contributed by atoms with Crippen molar-refractivity contribution in [3.8, 4) is 0 Å². The number of carboxylic acid groups (broad SMARTS) is 1. The summed E-state index contributed by atoms with van der Waals surface area (Å²) in [5.41, 5.74) is 0.988. The molecule has 0 spiro atoms. The van der Waals surface area contributed by atoms with Crippen molar-refractivity contribution >= 4 is 21.9 Å². The van der Waals surface area contributed by atoms with Gasteiger partial charge in [0.05, 0.1) is 16.7 Å². The zero-order valence-electron chi connectivity index (χ0n) is 15.6. The number of piperazine rings is 1. The number of aromatic nitrogens is 2. The van der Waals surface area contributed by atoms with Crippen LogP contribution >= 0.6 is 0 Å². The number of benzene rings is 1. The molecule has 150 valence electrons. The number of sulfonamides is 1. The minimum absolute atomic E-state index is 0.00802. The standard InChI is InChI=1S/C18H22N4O5S/c1-13-3-5-16(6-4-13)28(26,27)21-9-7-20(8-10-21)17(23)14(2)22-12-15(11-19-22)18(24)25/h3-6,11-12,14H,7-10H2,1-2H3,(H,24,25). The van der Waals surface area contributed by atoms with E-state index in [-0.39, 0.29) is 42.5 Å². The molecule has 1 atom stereocenters. The first-order valence-corrected chi connectivity index (χ1v) is 10.3. The van der Waals surface area contributed by atoms with Gasteiger partial charge in [0.2, 0.25) is 15.9 Å². The zero-order chi connectivity index (χ0) is 20.5. The van der Waals surface area contributed by atoms with E-state index in [1.807, 2.05) is 6.92 Å². The van der Waals surface area contributed by atoms with Crippen molar-refractivity contribution in [1.29, 1.82) is 0 Å². The number of hydrogen-bond donors (Lipinski definition) is 1. The Labute approximate surface area is 163 Å². The average molecular weight is 406 g/mol. The van der Waals surface area contributed by atoms with Gasteiger partial charge in [0.25, 0.3) is 0 Å². The highest BCUT2D eigenvalue weighted by atomic mass is 32.2. The summed E-state index contributed by atoms with van der Waals surface area (Å²) >= 11 is 0. The molecule has 3 rings (SSSR count). The maximum absolute atomic E-state index is 12.7. The third-order valence-electron chi connectivity index (χ3n) is 4.81. The second-order valence-electron chi connectivity index (χ2n) is 6.73.